The molecule has 8 nitrogen and oxygen atoms in total. The van der Waals surface area contributed by atoms with Crippen LogP contribution in [0.4, 0.5) is 0 Å². The van der Waals surface area contributed by atoms with Crippen molar-refractivity contribution in [2.24, 2.45) is 14.1 Å². The number of likely N-dealkylation sites (N-methyl/N-ethyl adjacent to an activating group) is 2. The molecule has 0 saturated carbocycles. The molecule has 1 fully saturated rings. The van der Waals surface area contributed by atoms with E-state index in [1.54, 1.807) is 0 Å². The van der Waals surface area contributed by atoms with Gasteiger partial charge < -0.3 is 5.11 Å². The number of aromatic nitrogens is 2. The molecule has 1 aromatic rings. The summed E-state index contributed by atoms with van der Waals surface area (Å²) in [6.45, 7) is 0. The van der Waals surface area contributed by atoms with E-state index in [-0.39, 0.29) is 11.1 Å². The van der Waals surface area contributed by atoms with Crippen LogP contribution in [0.15, 0.2) is 22.5 Å². The van der Waals surface area contributed by atoms with Gasteiger partial charge in [-0.2, -0.15) is 0 Å². The maximum Gasteiger partial charge on any atom is 0.277 e. The summed E-state index contributed by atoms with van der Waals surface area (Å²) in [6.07, 6.45) is 3.96. The molecule has 21 heavy (non-hydrogen) atoms. The molecule has 0 bridgehead atoms. The third-order valence-corrected chi connectivity index (χ3v) is 3.52. The summed E-state index contributed by atoms with van der Waals surface area (Å²) in [4.78, 5) is 35.4. The lowest BCUT2D eigenvalue weighted by Gasteiger charge is -2.16. The van der Waals surface area contributed by atoms with Crippen LogP contribution in [0, 0.1) is 0 Å². The Labute approximate surface area is 120 Å². The van der Waals surface area contributed by atoms with E-state index < -0.39 is 23.3 Å². The second kappa shape index (κ2) is 4.97. The summed E-state index contributed by atoms with van der Waals surface area (Å²) in [7, 11) is 5.92. The van der Waals surface area contributed by atoms with Crippen molar-refractivity contribution >= 4 is 17.9 Å². The summed E-state index contributed by atoms with van der Waals surface area (Å²) in [5.74, 6) is -1.30. The highest BCUT2D eigenvalue weighted by molar-refractivity contribution is 6.22. The van der Waals surface area contributed by atoms with Crippen LogP contribution in [0.3, 0.4) is 0 Å². The zero-order chi connectivity index (χ0) is 15.9. The molecule has 0 N–H and O–H groups in total. The Morgan fingerprint density at radius 2 is 1.43 bits per heavy atom. The smallest absolute Gasteiger partial charge is 0.277 e. The number of rotatable bonds is 2. The third-order valence-electron chi connectivity index (χ3n) is 3.52. The van der Waals surface area contributed by atoms with Crippen LogP contribution in [0.25, 0.3) is 6.08 Å². The molecule has 1 aliphatic rings. The lowest BCUT2D eigenvalue weighted by atomic mass is 10.2. The summed E-state index contributed by atoms with van der Waals surface area (Å²) in [5.41, 5.74) is -0.469. The molecule has 0 atom stereocenters. The first-order valence-corrected chi connectivity index (χ1v) is 6.14. The number of amides is 2. The van der Waals surface area contributed by atoms with Crippen molar-refractivity contribution < 1.29 is 14.7 Å². The van der Waals surface area contributed by atoms with Gasteiger partial charge in [0.1, 0.15) is 5.57 Å². The van der Waals surface area contributed by atoms with E-state index in [0.717, 1.165) is 0 Å². The molecule has 8 heteroatoms. The number of nitrogens with zero attached hydrogens (tertiary/aromatic N) is 4. The average molecular weight is 291 g/mol. The Balaban J connectivity index is 2.34. The Morgan fingerprint density at radius 1 is 0.905 bits per heavy atom. The fraction of sp³-hybridized carbons (Fsp3) is 0.308. The fourth-order valence-electron chi connectivity index (χ4n) is 1.95. The fourth-order valence-corrected chi connectivity index (χ4v) is 1.95. The van der Waals surface area contributed by atoms with E-state index in [4.69, 9.17) is 0 Å². The SMILES string of the molecule is CN1C(=O)C(=CC=Cc2c([O-])n(C)n(C)c2=O)C(=O)N1C. The second-order valence-corrected chi connectivity index (χ2v) is 4.67. The first-order valence-electron chi connectivity index (χ1n) is 6.14. The molecule has 1 aliphatic heterocycles. The number of hydrazine groups is 1. The Morgan fingerprint density at radius 3 is 1.86 bits per heavy atom. The normalized spacial score (nSPS) is 15.7. The van der Waals surface area contributed by atoms with Gasteiger partial charge in [0.05, 0.1) is 5.56 Å². The first kappa shape index (κ1) is 14.6. The van der Waals surface area contributed by atoms with E-state index in [0.29, 0.717) is 0 Å². The lowest BCUT2D eigenvalue weighted by molar-refractivity contribution is -0.280. The van der Waals surface area contributed by atoms with Gasteiger partial charge in [-0.3, -0.25) is 33.8 Å². The Kier molecular flexibility index (Phi) is 3.46. The largest absolute Gasteiger partial charge is 0.858 e. The van der Waals surface area contributed by atoms with Crippen LogP contribution >= 0.6 is 0 Å². The first-order chi connectivity index (χ1) is 9.77. The molecule has 0 aliphatic carbocycles. The molecule has 0 radical (unpaired) electrons. The summed E-state index contributed by atoms with van der Waals surface area (Å²) in [5, 5.41) is 14.2. The van der Waals surface area contributed by atoms with Crippen molar-refractivity contribution in [3.05, 3.63) is 33.6 Å². The van der Waals surface area contributed by atoms with Gasteiger partial charge in [-0.05, 0) is 18.0 Å². The number of carbonyl (C=O) groups excluding carboxylic acids is 2. The van der Waals surface area contributed by atoms with E-state index >= 15 is 0 Å². The van der Waals surface area contributed by atoms with Gasteiger partial charge in [-0.25, -0.2) is 0 Å². The second-order valence-electron chi connectivity index (χ2n) is 4.67. The monoisotopic (exact) mass is 291 g/mol. The van der Waals surface area contributed by atoms with Crippen molar-refractivity contribution in [2.45, 2.75) is 0 Å². The van der Waals surface area contributed by atoms with E-state index in [9.17, 15) is 19.5 Å². The van der Waals surface area contributed by atoms with Crippen molar-refractivity contribution in [3.8, 4) is 5.88 Å². The van der Waals surface area contributed by atoms with E-state index in [2.05, 4.69) is 0 Å². The number of hydrogen-bond donors (Lipinski definition) is 0. The molecule has 0 spiro atoms. The maximum absolute atomic E-state index is 11.8. The van der Waals surface area contributed by atoms with Gasteiger partial charge in [0, 0.05) is 28.2 Å². The summed E-state index contributed by atoms with van der Waals surface area (Å²) >= 11 is 0. The highest BCUT2D eigenvalue weighted by Gasteiger charge is 2.35. The number of allylic oxidation sites excluding steroid dienone is 2. The van der Waals surface area contributed by atoms with E-state index in [1.165, 1.54) is 65.8 Å². The zero-order valence-electron chi connectivity index (χ0n) is 12.2. The van der Waals surface area contributed by atoms with Gasteiger partial charge in [0.2, 0.25) is 0 Å². The van der Waals surface area contributed by atoms with Crippen molar-refractivity contribution in [1.29, 1.82) is 0 Å². The minimum Gasteiger partial charge on any atom is -0.858 e. The lowest BCUT2D eigenvalue weighted by Crippen LogP contribution is -2.33. The molecule has 2 heterocycles. The van der Waals surface area contributed by atoms with Gasteiger partial charge in [-0.1, -0.05) is 6.08 Å². The zero-order valence-corrected chi connectivity index (χ0v) is 12.2. The molecule has 2 rings (SSSR count). The van der Waals surface area contributed by atoms with Crippen molar-refractivity contribution in [1.82, 2.24) is 19.4 Å². The highest BCUT2D eigenvalue weighted by atomic mass is 16.3. The maximum atomic E-state index is 11.8. The van der Waals surface area contributed by atoms with Crippen LogP contribution in [-0.2, 0) is 23.7 Å². The molecular formula is C13H15N4O4-. The standard InChI is InChI=1S/C13H16N4O4/c1-14-10(18)8(11(19)15(14)2)6-5-7-9-12(20)16(3)17(4)13(9)21/h5-7,18H,1-4H3/p-1. The summed E-state index contributed by atoms with van der Waals surface area (Å²) < 4.78 is 2.37. The minimum absolute atomic E-state index is 0.0172. The third kappa shape index (κ3) is 2.14. The molecule has 1 aromatic heterocycles. The molecular weight excluding hydrogens is 276 g/mol. The average Bonchev–Trinajstić information content (AvgIpc) is 2.76. The Hall–Kier alpha value is -2.77. The van der Waals surface area contributed by atoms with Crippen LogP contribution in [0.5, 0.6) is 5.88 Å². The Bertz CT molecular complexity index is 716. The number of carbonyl (C=O) groups is 2. The van der Waals surface area contributed by atoms with Crippen LogP contribution in [0.2, 0.25) is 0 Å². The van der Waals surface area contributed by atoms with Gasteiger partial charge in [0.25, 0.3) is 17.4 Å². The molecule has 112 valence electrons. The van der Waals surface area contributed by atoms with Gasteiger partial charge in [-0.15, -0.1) is 0 Å². The summed E-state index contributed by atoms with van der Waals surface area (Å²) in [6, 6.07) is 0. The quantitative estimate of drug-likeness (QED) is 0.494. The molecule has 0 aromatic carbocycles. The molecule has 1 saturated heterocycles. The molecule has 2 amide bonds. The van der Waals surface area contributed by atoms with Gasteiger partial charge >= 0.3 is 0 Å². The van der Waals surface area contributed by atoms with Crippen LogP contribution in [0.1, 0.15) is 5.56 Å². The van der Waals surface area contributed by atoms with Gasteiger partial charge in [0.15, 0.2) is 0 Å². The highest BCUT2D eigenvalue weighted by Crippen LogP contribution is 2.16. The van der Waals surface area contributed by atoms with Crippen molar-refractivity contribution in [2.75, 3.05) is 14.1 Å². The topological polar surface area (TPSA) is 90.6 Å². The van der Waals surface area contributed by atoms with Crippen LogP contribution in [-0.4, -0.2) is 45.3 Å². The molecule has 0 unspecified atom stereocenters. The minimum atomic E-state index is -0.435. The van der Waals surface area contributed by atoms with Crippen LogP contribution < -0.4 is 10.7 Å². The predicted molar refractivity (Wildman–Crippen MR) is 72.8 cm³/mol. The van der Waals surface area contributed by atoms with E-state index in [1.807, 2.05) is 0 Å². The number of hydrogen-bond acceptors (Lipinski definition) is 4. The van der Waals surface area contributed by atoms with Crippen molar-refractivity contribution in [3.63, 3.8) is 0 Å². The predicted octanol–water partition coefficient (Wildman–Crippen LogP) is -1.42.